The Morgan fingerprint density at radius 1 is 0.964 bits per heavy atom. The van der Waals surface area contributed by atoms with Crippen molar-refractivity contribution in [2.75, 3.05) is 0 Å². The number of hydrogen-bond acceptors (Lipinski definition) is 3. The van der Waals surface area contributed by atoms with Crippen molar-refractivity contribution in [1.29, 1.82) is 0 Å². The number of nitrogens with one attached hydrogen (secondary N) is 1. The van der Waals surface area contributed by atoms with Crippen LogP contribution in [0, 0.1) is 6.92 Å². The molecule has 0 aliphatic heterocycles. The van der Waals surface area contributed by atoms with Crippen LogP contribution in [0.15, 0.2) is 71.6 Å². The van der Waals surface area contributed by atoms with E-state index in [1.807, 2.05) is 56.3 Å². The van der Waals surface area contributed by atoms with E-state index in [2.05, 4.69) is 4.72 Å². The third-order valence-corrected chi connectivity index (χ3v) is 6.52. The molecule has 1 unspecified atom stereocenters. The zero-order valence-electron chi connectivity index (χ0n) is 15.9. The van der Waals surface area contributed by atoms with Gasteiger partial charge in [0.05, 0.1) is 4.90 Å². The molecular weight excluding hydrogens is 372 g/mol. The standard InChI is InChI=1S/C22H24N2O3S/c1-15-12-13-21(19-11-7-6-10-18(15)19)28(26,27)24-20(22(23)25)14-16(2)17-8-4-3-5-9-17/h3-13,16,20,24H,14H2,1-2H3,(H2,23,25)/t16?,20-/m1/s1. The van der Waals surface area contributed by atoms with Gasteiger partial charge in [-0.25, -0.2) is 8.42 Å². The van der Waals surface area contributed by atoms with Gasteiger partial charge in [0, 0.05) is 5.39 Å². The van der Waals surface area contributed by atoms with E-state index < -0.39 is 22.0 Å². The molecule has 0 radical (unpaired) electrons. The van der Waals surface area contributed by atoms with Crippen molar-refractivity contribution in [3.8, 4) is 0 Å². The summed E-state index contributed by atoms with van der Waals surface area (Å²) in [4.78, 5) is 12.1. The van der Waals surface area contributed by atoms with Gasteiger partial charge in [-0.1, -0.05) is 67.6 Å². The maximum atomic E-state index is 13.1. The number of primary amides is 1. The quantitative estimate of drug-likeness (QED) is 0.641. The Morgan fingerprint density at radius 2 is 1.57 bits per heavy atom. The van der Waals surface area contributed by atoms with Crippen molar-refractivity contribution < 1.29 is 13.2 Å². The molecule has 0 aliphatic rings. The van der Waals surface area contributed by atoms with Crippen LogP contribution in [0.1, 0.15) is 30.4 Å². The van der Waals surface area contributed by atoms with Gasteiger partial charge in [-0.2, -0.15) is 4.72 Å². The second-order valence-electron chi connectivity index (χ2n) is 7.05. The summed E-state index contributed by atoms with van der Waals surface area (Å²) in [5.74, 6) is -0.723. The number of nitrogens with two attached hydrogens (primary N) is 1. The lowest BCUT2D eigenvalue weighted by Crippen LogP contribution is -2.45. The fourth-order valence-corrected chi connectivity index (χ4v) is 4.83. The van der Waals surface area contributed by atoms with E-state index >= 15 is 0 Å². The lowest BCUT2D eigenvalue weighted by atomic mass is 9.94. The Labute approximate surface area is 165 Å². The summed E-state index contributed by atoms with van der Waals surface area (Å²) in [6.45, 7) is 3.88. The van der Waals surface area contributed by atoms with Crippen LogP contribution in [0.25, 0.3) is 10.8 Å². The highest BCUT2D eigenvalue weighted by atomic mass is 32.2. The minimum atomic E-state index is -3.93. The Kier molecular flexibility index (Phi) is 5.82. The van der Waals surface area contributed by atoms with Crippen molar-refractivity contribution in [3.05, 3.63) is 77.9 Å². The van der Waals surface area contributed by atoms with Crippen molar-refractivity contribution in [3.63, 3.8) is 0 Å². The number of carbonyl (C=O) groups excluding carboxylic acids is 1. The van der Waals surface area contributed by atoms with E-state index in [1.54, 1.807) is 24.3 Å². The van der Waals surface area contributed by atoms with Crippen LogP contribution in [-0.4, -0.2) is 20.4 Å². The normalized spacial score (nSPS) is 13.9. The Balaban J connectivity index is 1.91. The first kappa shape index (κ1) is 20.0. The number of benzene rings is 3. The van der Waals surface area contributed by atoms with Crippen LogP contribution < -0.4 is 10.5 Å². The molecule has 0 bridgehead atoms. The fraction of sp³-hybridized carbons (Fsp3) is 0.227. The molecule has 0 aromatic heterocycles. The Hall–Kier alpha value is -2.70. The number of carbonyl (C=O) groups is 1. The van der Waals surface area contributed by atoms with E-state index in [1.165, 1.54) is 0 Å². The molecule has 0 saturated heterocycles. The monoisotopic (exact) mass is 396 g/mol. The molecule has 0 spiro atoms. The molecule has 0 aliphatic carbocycles. The molecule has 0 fully saturated rings. The smallest absolute Gasteiger partial charge is 0.241 e. The zero-order valence-corrected chi connectivity index (χ0v) is 16.7. The van der Waals surface area contributed by atoms with E-state index in [9.17, 15) is 13.2 Å². The summed E-state index contributed by atoms with van der Waals surface area (Å²) in [5, 5.41) is 1.48. The lowest BCUT2D eigenvalue weighted by molar-refractivity contribution is -0.119. The molecule has 1 amide bonds. The number of amides is 1. The Morgan fingerprint density at radius 3 is 2.21 bits per heavy atom. The molecule has 5 nitrogen and oxygen atoms in total. The van der Waals surface area contributed by atoms with Crippen LogP contribution in [0.4, 0.5) is 0 Å². The van der Waals surface area contributed by atoms with Crippen molar-refractivity contribution in [1.82, 2.24) is 4.72 Å². The zero-order chi connectivity index (χ0) is 20.3. The predicted octanol–water partition coefficient (Wildman–Crippen LogP) is 3.47. The van der Waals surface area contributed by atoms with Gasteiger partial charge >= 0.3 is 0 Å². The molecule has 3 N–H and O–H groups in total. The fourth-order valence-electron chi connectivity index (χ4n) is 3.40. The summed E-state index contributed by atoms with van der Waals surface area (Å²) in [7, 11) is -3.93. The molecule has 0 heterocycles. The van der Waals surface area contributed by atoms with Gasteiger partial charge in [0.15, 0.2) is 0 Å². The number of aryl methyl sites for hydroxylation is 1. The predicted molar refractivity (Wildman–Crippen MR) is 111 cm³/mol. The van der Waals surface area contributed by atoms with Gasteiger partial charge in [-0.05, 0) is 41.8 Å². The summed E-state index contributed by atoms with van der Waals surface area (Å²) >= 11 is 0. The van der Waals surface area contributed by atoms with Gasteiger partial charge in [-0.3, -0.25) is 4.79 Å². The molecule has 3 rings (SSSR count). The number of sulfonamides is 1. The Bertz CT molecular complexity index is 1100. The first-order chi connectivity index (χ1) is 13.3. The SMILES string of the molecule is Cc1ccc(S(=O)(=O)N[C@H](CC(C)c2ccccc2)C(N)=O)c2ccccc12. The van der Waals surface area contributed by atoms with E-state index in [4.69, 9.17) is 5.73 Å². The van der Waals surface area contributed by atoms with Gasteiger partial charge in [0.25, 0.3) is 0 Å². The number of hydrogen-bond donors (Lipinski definition) is 2. The van der Waals surface area contributed by atoms with Crippen LogP contribution >= 0.6 is 0 Å². The van der Waals surface area contributed by atoms with E-state index in [0.717, 1.165) is 16.5 Å². The van der Waals surface area contributed by atoms with Gasteiger partial charge in [0.1, 0.15) is 6.04 Å². The average Bonchev–Trinajstić information content (AvgIpc) is 2.68. The maximum absolute atomic E-state index is 13.1. The molecule has 2 atom stereocenters. The van der Waals surface area contributed by atoms with Crippen LogP contribution in [0.3, 0.4) is 0 Å². The second-order valence-corrected chi connectivity index (χ2v) is 8.73. The van der Waals surface area contributed by atoms with E-state index in [0.29, 0.717) is 5.39 Å². The van der Waals surface area contributed by atoms with Crippen molar-refractivity contribution >= 4 is 26.7 Å². The summed E-state index contributed by atoms with van der Waals surface area (Å²) in [6.07, 6.45) is 0.280. The van der Waals surface area contributed by atoms with Crippen molar-refractivity contribution in [2.24, 2.45) is 5.73 Å². The maximum Gasteiger partial charge on any atom is 0.241 e. The third kappa shape index (κ3) is 4.24. The van der Waals surface area contributed by atoms with Gasteiger partial charge < -0.3 is 5.73 Å². The largest absolute Gasteiger partial charge is 0.368 e. The molecule has 28 heavy (non-hydrogen) atoms. The molecule has 3 aromatic carbocycles. The highest BCUT2D eigenvalue weighted by Crippen LogP contribution is 2.27. The topological polar surface area (TPSA) is 89.3 Å². The van der Waals surface area contributed by atoms with Crippen LogP contribution in [-0.2, 0) is 14.8 Å². The summed E-state index contributed by atoms with van der Waals surface area (Å²) in [6, 6.07) is 19.3. The van der Waals surface area contributed by atoms with Crippen molar-refractivity contribution in [2.45, 2.75) is 37.1 Å². The highest BCUT2D eigenvalue weighted by Gasteiger charge is 2.27. The second kappa shape index (κ2) is 8.12. The highest BCUT2D eigenvalue weighted by molar-refractivity contribution is 7.89. The van der Waals surface area contributed by atoms with E-state index in [-0.39, 0.29) is 17.2 Å². The molecule has 0 saturated carbocycles. The first-order valence-electron chi connectivity index (χ1n) is 9.14. The lowest BCUT2D eigenvalue weighted by Gasteiger charge is -2.20. The van der Waals surface area contributed by atoms with Gasteiger partial charge in [0.2, 0.25) is 15.9 Å². The average molecular weight is 397 g/mol. The molecule has 6 heteroatoms. The van der Waals surface area contributed by atoms with Crippen LogP contribution in [0.5, 0.6) is 0 Å². The minimum Gasteiger partial charge on any atom is -0.368 e. The summed E-state index contributed by atoms with van der Waals surface area (Å²) in [5.41, 5.74) is 7.53. The minimum absolute atomic E-state index is 0.0313. The van der Waals surface area contributed by atoms with Crippen LogP contribution in [0.2, 0.25) is 0 Å². The molecule has 3 aromatic rings. The van der Waals surface area contributed by atoms with Gasteiger partial charge in [-0.15, -0.1) is 0 Å². The molecular formula is C22H24N2O3S. The first-order valence-corrected chi connectivity index (χ1v) is 10.6. The third-order valence-electron chi connectivity index (χ3n) is 4.99. The molecule has 146 valence electrons. The number of fused-ring (bicyclic) bond motifs is 1. The summed E-state index contributed by atoms with van der Waals surface area (Å²) < 4.78 is 28.7. The number of rotatable bonds is 7.